The normalized spacial score (nSPS) is 17.2. The Morgan fingerprint density at radius 3 is 2.85 bits per heavy atom. The molecular formula is C15H14F2N2O. The summed E-state index contributed by atoms with van der Waals surface area (Å²) < 4.78 is 32.3. The maximum absolute atomic E-state index is 13.5. The zero-order chi connectivity index (χ0) is 14.1. The third-order valence-corrected chi connectivity index (χ3v) is 3.38. The average molecular weight is 276 g/mol. The molecule has 1 unspecified atom stereocenters. The zero-order valence-corrected chi connectivity index (χ0v) is 10.7. The molecule has 3 N–H and O–H groups in total. The van der Waals surface area contributed by atoms with Crippen LogP contribution < -0.4 is 15.8 Å². The second-order valence-electron chi connectivity index (χ2n) is 4.72. The summed E-state index contributed by atoms with van der Waals surface area (Å²) in [7, 11) is 0. The average Bonchev–Trinajstić information content (AvgIpc) is 2.44. The number of fused-ring (bicyclic) bond motifs is 1. The number of benzene rings is 2. The molecule has 1 aliphatic rings. The van der Waals surface area contributed by atoms with Gasteiger partial charge in [-0.3, -0.25) is 0 Å². The lowest BCUT2D eigenvalue weighted by molar-refractivity contribution is 0.274. The van der Waals surface area contributed by atoms with Crippen LogP contribution in [0.5, 0.6) is 5.75 Å². The van der Waals surface area contributed by atoms with Crippen molar-refractivity contribution >= 4 is 11.4 Å². The first-order valence-electron chi connectivity index (χ1n) is 6.38. The number of anilines is 2. The minimum absolute atomic E-state index is 0.0737. The Hall–Kier alpha value is -2.30. The number of halogens is 2. The minimum atomic E-state index is -0.757. The van der Waals surface area contributed by atoms with Crippen molar-refractivity contribution in [3.05, 3.63) is 53.6 Å². The van der Waals surface area contributed by atoms with Crippen LogP contribution in [-0.2, 0) is 0 Å². The summed E-state index contributed by atoms with van der Waals surface area (Å²) in [4.78, 5) is 0. The van der Waals surface area contributed by atoms with Gasteiger partial charge in [0.05, 0.1) is 24.0 Å². The topological polar surface area (TPSA) is 47.3 Å². The first-order chi connectivity index (χ1) is 9.65. The Bertz CT molecular complexity index is 646. The third-order valence-electron chi connectivity index (χ3n) is 3.38. The summed E-state index contributed by atoms with van der Waals surface area (Å²) in [5, 5.41) is 3.10. The molecule has 20 heavy (non-hydrogen) atoms. The fourth-order valence-corrected chi connectivity index (χ4v) is 2.38. The number of rotatable bonds is 2. The number of nitrogens with two attached hydrogens (primary N) is 1. The van der Waals surface area contributed by atoms with Crippen LogP contribution in [0.2, 0.25) is 0 Å². The summed E-state index contributed by atoms with van der Waals surface area (Å²) in [5.41, 5.74) is 6.81. The lowest BCUT2D eigenvalue weighted by atomic mass is 10.00. The van der Waals surface area contributed by atoms with Gasteiger partial charge in [0.1, 0.15) is 11.6 Å². The minimum Gasteiger partial charge on any atom is -0.493 e. The van der Waals surface area contributed by atoms with Gasteiger partial charge in [0.2, 0.25) is 0 Å². The molecule has 0 aromatic heterocycles. The molecule has 1 atom stereocenters. The smallest absolute Gasteiger partial charge is 0.151 e. The van der Waals surface area contributed by atoms with Gasteiger partial charge in [-0.05, 0) is 12.1 Å². The van der Waals surface area contributed by atoms with Gasteiger partial charge >= 0.3 is 0 Å². The molecule has 0 saturated heterocycles. The second kappa shape index (κ2) is 5.00. The van der Waals surface area contributed by atoms with Gasteiger partial charge in [0, 0.05) is 18.1 Å². The Labute approximate surface area is 115 Å². The van der Waals surface area contributed by atoms with Gasteiger partial charge in [-0.25, -0.2) is 8.78 Å². The Kier molecular flexibility index (Phi) is 3.18. The predicted octanol–water partition coefficient (Wildman–Crippen LogP) is 3.48. The molecule has 0 fully saturated rings. The zero-order valence-electron chi connectivity index (χ0n) is 10.7. The molecule has 1 aliphatic heterocycles. The summed E-state index contributed by atoms with van der Waals surface area (Å²) in [5.74, 6) is -0.626. The highest BCUT2D eigenvalue weighted by atomic mass is 19.1. The van der Waals surface area contributed by atoms with Crippen LogP contribution >= 0.6 is 0 Å². The first-order valence-corrected chi connectivity index (χ1v) is 6.38. The largest absolute Gasteiger partial charge is 0.493 e. The van der Waals surface area contributed by atoms with Crippen molar-refractivity contribution < 1.29 is 13.5 Å². The van der Waals surface area contributed by atoms with Crippen LogP contribution in [-0.4, -0.2) is 6.61 Å². The molecular weight excluding hydrogens is 262 g/mol. The molecule has 104 valence electrons. The van der Waals surface area contributed by atoms with Crippen molar-refractivity contribution in [2.45, 2.75) is 12.5 Å². The first kappa shape index (κ1) is 12.7. The molecule has 0 amide bonds. The van der Waals surface area contributed by atoms with Gasteiger partial charge in [-0.2, -0.15) is 0 Å². The number of nitrogen functional groups attached to an aromatic ring is 1. The predicted molar refractivity (Wildman–Crippen MR) is 73.7 cm³/mol. The van der Waals surface area contributed by atoms with E-state index in [1.807, 2.05) is 24.3 Å². The molecule has 3 rings (SSSR count). The fraction of sp³-hybridized carbons (Fsp3) is 0.200. The van der Waals surface area contributed by atoms with Gasteiger partial charge < -0.3 is 15.8 Å². The quantitative estimate of drug-likeness (QED) is 0.825. The van der Waals surface area contributed by atoms with Gasteiger partial charge in [-0.15, -0.1) is 0 Å². The molecule has 0 aliphatic carbocycles. The highest BCUT2D eigenvalue weighted by Crippen LogP contribution is 2.35. The van der Waals surface area contributed by atoms with E-state index in [-0.39, 0.29) is 17.4 Å². The van der Waals surface area contributed by atoms with Crippen molar-refractivity contribution in [1.82, 2.24) is 0 Å². The van der Waals surface area contributed by atoms with E-state index >= 15 is 0 Å². The molecule has 0 spiro atoms. The molecule has 0 saturated carbocycles. The summed E-state index contributed by atoms with van der Waals surface area (Å²) in [6, 6.07) is 9.49. The summed E-state index contributed by atoms with van der Waals surface area (Å²) in [6.07, 6.45) is 0.703. The molecule has 0 radical (unpaired) electrons. The maximum atomic E-state index is 13.5. The SMILES string of the molecule is Nc1c(F)cc(F)cc1NC1CCOc2ccccc21. The molecule has 3 nitrogen and oxygen atoms in total. The maximum Gasteiger partial charge on any atom is 0.151 e. The van der Waals surface area contributed by atoms with E-state index in [9.17, 15) is 8.78 Å². The van der Waals surface area contributed by atoms with E-state index < -0.39 is 11.6 Å². The van der Waals surface area contributed by atoms with Crippen LogP contribution in [0.15, 0.2) is 36.4 Å². The molecule has 1 heterocycles. The van der Waals surface area contributed by atoms with Crippen LogP contribution in [0.1, 0.15) is 18.0 Å². The van der Waals surface area contributed by atoms with E-state index in [4.69, 9.17) is 10.5 Å². The van der Waals surface area contributed by atoms with E-state index in [0.717, 1.165) is 17.4 Å². The van der Waals surface area contributed by atoms with Crippen LogP contribution in [0.25, 0.3) is 0 Å². The summed E-state index contributed by atoms with van der Waals surface area (Å²) in [6.45, 7) is 0.548. The number of para-hydroxylation sites is 1. The van der Waals surface area contributed by atoms with E-state index in [2.05, 4.69) is 5.32 Å². The van der Waals surface area contributed by atoms with Crippen LogP contribution in [0.3, 0.4) is 0 Å². The lowest BCUT2D eigenvalue weighted by Gasteiger charge is -2.28. The highest BCUT2D eigenvalue weighted by molar-refractivity contribution is 5.67. The number of ether oxygens (including phenoxy) is 1. The molecule has 5 heteroatoms. The van der Waals surface area contributed by atoms with E-state index in [0.29, 0.717) is 13.0 Å². The molecule has 2 aromatic rings. The van der Waals surface area contributed by atoms with Crippen molar-refractivity contribution in [2.24, 2.45) is 0 Å². The van der Waals surface area contributed by atoms with Crippen molar-refractivity contribution in [3.8, 4) is 5.75 Å². The number of hydrogen-bond acceptors (Lipinski definition) is 3. The standard InChI is InChI=1S/C15H14F2N2O/c16-9-7-11(17)15(18)13(8-9)19-12-5-6-20-14-4-2-1-3-10(12)14/h1-4,7-8,12,19H,5-6,18H2. The Morgan fingerprint density at radius 2 is 2.00 bits per heavy atom. The van der Waals surface area contributed by atoms with Crippen LogP contribution in [0, 0.1) is 11.6 Å². The third kappa shape index (κ3) is 2.27. The Balaban J connectivity index is 1.93. The Morgan fingerprint density at radius 1 is 1.20 bits per heavy atom. The van der Waals surface area contributed by atoms with E-state index in [1.54, 1.807) is 0 Å². The second-order valence-corrected chi connectivity index (χ2v) is 4.72. The lowest BCUT2D eigenvalue weighted by Crippen LogP contribution is -2.21. The summed E-state index contributed by atoms with van der Waals surface area (Å²) >= 11 is 0. The highest BCUT2D eigenvalue weighted by Gasteiger charge is 2.22. The van der Waals surface area contributed by atoms with Crippen molar-refractivity contribution in [3.63, 3.8) is 0 Å². The van der Waals surface area contributed by atoms with Gasteiger partial charge in [0.25, 0.3) is 0 Å². The monoisotopic (exact) mass is 276 g/mol. The molecule has 0 bridgehead atoms. The number of nitrogens with one attached hydrogen (secondary N) is 1. The number of hydrogen-bond donors (Lipinski definition) is 2. The van der Waals surface area contributed by atoms with Crippen molar-refractivity contribution in [1.29, 1.82) is 0 Å². The van der Waals surface area contributed by atoms with E-state index in [1.165, 1.54) is 6.07 Å². The fourth-order valence-electron chi connectivity index (χ4n) is 2.38. The van der Waals surface area contributed by atoms with Crippen molar-refractivity contribution in [2.75, 3.05) is 17.7 Å². The van der Waals surface area contributed by atoms with Gasteiger partial charge in [-0.1, -0.05) is 18.2 Å². The molecule has 2 aromatic carbocycles. The van der Waals surface area contributed by atoms with Crippen LogP contribution in [0.4, 0.5) is 20.2 Å². The van der Waals surface area contributed by atoms with Gasteiger partial charge in [0.15, 0.2) is 5.82 Å².